The number of carbonyl (C=O) groups is 1. The van der Waals surface area contributed by atoms with Crippen LogP contribution in [0.1, 0.15) is 42.9 Å². The molecule has 7 N–H and O–H groups in total. The molecule has 1 aromatic heterocycles. The number of nitrogens with one attached hydrogen (secondary N) is 3. The minimum atomic E-state index is -0.321. The Balaban J connectivity index is 1.27. The molecule has 2 amide bonds. The van der Waals surface area contributed by atoms with E-state index in [2.05, 4.69) is 32.7 Å². The Labute approximate surface area is 215 Å². The number of nitrogens with zero attached hydrogens (tertiary/aromatic N) is 3. The summed E-state index contributed by atoms with van der Waals surface area (Å²) in [7, 11) is 0. The van der Waals surface area contributed by atoms with Gasteiger partial charge in [0, 0.05) is 30.0 Å². The summed E-state index contributed by atoms with van der Waals surface area (Å²) in [5.41, 5.74) is 15.9. The van der Waals surface area contributed by atoms with Crippen LogP contribution in [0.3, 0.4) is 0 Å². The third kappa shape index (κ3) is 5.64. The van der Waals surface area contributed by atoms with Crippen LogP contribution in [0, 0.1) is 5.41 Å². The first kappa shape index (κ1) is 24.5. The standard InChI is InChI=1S/C27H32N8O2/c28-22-23(24(29)30)33-25(34-26(22)35-13-15-37-16-14-35)19-7-11-21(12-8-19)32-27(36)31-20-9-5-18(6-10-20)17-3-1-2-4-17/h5-12,17H,1-4,13-16,28H2,(H3,29,30)(H2,31,32,36). The van der Waals surface area contributed by atoms with Crippen LogP contribution in [0.2, 0.25) is 0 Å². The van der Waals surface area contributed by atoms with Gasteiger partial charge in [-0.15, -0.1) is 0 Å². The molecule has 0 atom stereocenters. The SMILES string of the molecule is N=C(N)c1nc(-c2ccc(NC(=O)Nc3ccc(C4CCCC4)cc3)cc2)nc(N2CCOCC2)c1N. The summed E-state index contributed by atoms with van der Waals surface area (Å²) in [5.74, 6) is 1.36. The summed E-state index contributed by atoms with van der Waals surface area (Å²) in [4.78, 5) is 23.7. The van der Waals surface area contributed by atoms with Gasteiger partial charge in [0.25, 0.3) is 0 Å². The van der Waals surface area contributed by atoms with Gasteiger partial charge in [0.2, 0.25) is 0 Å². The molecule has 1 aliphatic carbocycles. The van der Waals surface area contributed by atoms with Crippen molar-refractivity contribution in [2.75, 3.05) is 47.6 Å². The highest BCUT2D eigenvalue weighted by Crippen LogP contribution is 2.34. The Hall–Kier alpha value is -4.18. The van der Waals surface area contributed by atoms with E-state index in [1.807, 2.05) is 29.2 Å². The van der Waals surface area contributed by atoms with Crippen molar-refractivity contribution in [3.63, 3.8) is 0 Å². The second kappa shape index (κ2) is 10.8. The number of aromatic nitrogens is 2. The quantitative estimate of drug-likeness (QED) is 0.251. The average Bonchev–Trinajstić information content (AvgIpc) is 3.45. The minimum Gasteiger partial charge on any atom is -0.394 e. The van der Waals surface area contributed by atoms with Crippen molar-refractivity contribution in [2.45, 2.75) is 31.6 Å². The molecule has 37 heavy (non-hydrogen) atoms. The summed E-state index contributed by atoms with van der Waals surface area (Å²) < 4.78 is 5.43. The summed E-state index contributed by atoms with van der Waals surface area (Å²) in [6.07, 6.45) is 5.08. The van der Waals surface area contributed by atoms with E-state index in [1.165, 1.54) is 31.2 Å². The second-order valence-corrected chi connectivity index (χ2v) is 9.41. The molecule has 2 fully saturated rings. The maximum absolute atomic E-state index is 12.5. The molecule has 0 unspecified atom stereocenters. The van der Waals surface area contributed by atoms with Crippen LogP contribution in [0.4, 0.5) is 27.7 Å². The molecule has 5 rings (SSSR count). The first-order valence-corrected chi connectivity index (χ1v) is 12.6. The molecule has 0 radical (unpaired) electrons. The van der Waals surface area contributed by atoms with E-state index in [0.29, 0.717) is 55.1 Å². The third-order valence-electron chi connectivity index (χ3n) is 6.89. The Bertz CT molecular complexity index is 1260. The average molecular weight is 501 g/mol. The summed E-state index contributed by atoms with van der Waals surface area (Å²) >= 11 is 0. The number of amidine groups is 1. The zero-order valence-corrected chi connectivity index (χ0v) is 20.7. The lowest BCUT2D eigenvalue weighted by molar-refractivity contribution is 0.122. The molecule has 1 saturated heterocycles. The lowest BCUT2D eigenvalue weighted by atomic mass is 9.98. The van der Waals surface area contributed by atoms with Gasteiger partial charge in [0.15, 0.2) is 11.6 Å². The van der Waals surface area contributed by atoms with Crippen molar-refractivity contribution in [1.29, 1.82) is 5.41 Å². The normalized spacial score (nSPS) is 15.9. The van der Waals surface area contributed by atoms with Crippen molar-refractivity contribution in [3.8, 4) is 11.4 Å². The summed E-state index contributed by atoms with van der Waals surface area (Å²) in [5, 5.41) is 13.7. The van der Waals surface area contributed by atoms with Gasteiger partial charge in [-0.2, -0.15) is 0 Å². The Morgan fingerprint density at radius 3 is 2.14 bits per heavy atom. The molecule has 192 valence electrons. The Kier molecular flexibility index (Phi) is 7.18. The topological polar surface area (TPSA) is 155 Å². The predicted molar refractivity (Wildman–Crippen MR) is 146 cm³/mol. The lowest BCUT2D eigenvalue weighted by Gasteiger charge is -2.29. The molecule has 1 saturated carbocycles. The maximum atomic E-state index is 12.5. The molecular formula is C27H32N8O2. The zero-order chi connectivity index (χ0) is 25.8. The van der Waals surface area contributed by atoms with Gasteiger partial charge in [0.1, 0.15) is 17.2 Å². The number of amides is 2. The number of benzene rings is 2. The highest BCUT2D eigenvalue weighted by atomic mass is 16.5. The number of hydrogen-bond donors (Lipinski definition) is 5. The van der Waals surface area contributed by atoms with Crippen molar-refractivity contribution in [3.05, 3.63) is 59.8 Å². The summed E-state index contributed by atoms with van der Waals surface area (Å²) in [6.45, 7) is 2.42. The van der Waals surface area contributed by atoms with Crippen molar-refractivity contribution in [1.82, 2.24) is 9.97 Å². The molecule has 0 bridgehead atoms. The van der Waals surface area contributed by atoms with Gasteiger partial charge in [-0.1, -0.05) is 25.0 Å². The fourth-order valence-corrected chi connectivity index (χ4v) is 4.90. The number of urea groups is 1. The smallest absolute Gasteiger partial charge is 0.323 e. The van der Waals surface area contributed by atoms with Crippen LogP contribution in [-0.4, -0.2) is 48.1 Å². The zero-order valence-electron chi connectivity index (χ0n) is 20.7. The van der Waals surface area contributed by atoms with Gasteiger partial charge in [-0.25, -0.2) is 14.8 Å². The fourth-order valence-electron chi connectivity index (χ4n) is 4.90. The second-order valence-electron chi connectivity index (χ2n) is 9.41. The molecule has 10 heteroatoms. The number of nitrogens with two attached hydrogens (primary N) is 2. The first-order valence-electron chi connectivity index (χ1n) is 12.6. The fraction of sp³-hybridized carbons (Fsp3) is 0.333. The number of ether oxygens (including phenoxy) is 1. The number of anilines is 4. The van der Waals surface area contributed by atoms with E-state index >= 15 is 0 Å². The lowest BCUT2D eigenvalue weighted by Crippen LogP contribution is -2.38. The van der Waals surface area contributed by atoms with Crippen molar-refractivity contribution in [2.24, 2.45) is 5.73 Å². The number of nitrogen functional groups attached to an aromatic ring is 2. The first-order chi connectivity index (χ1) is 18.0. The molecule has 2 aromatic carbocycles. The van der Waals surface area contributed by atoms with E-state index in [0.717, 1.165) is 5.69 Å². The largest absolute Gasteiger partial charge is 0.394 e. The van der Waals surface area contributed by atoms with E-state index in [1.54, 1.807) is 12.1 Å². The van der Waals surface area contributed by atoms with E-state index in [4.69, 9.17) is 21.6 Å². The molecular weight excluding hydrogens is 468 g/mol. The predicted octanol–water partition coefficient (Wildman–Crippen LogP) is 4.15. The molecule has 2 heterocycles. The molecule has 3 aromatic rings. The molecule has 2 aliphatic rings. The van der Waals surface area contributed by atoms with Crippen LogP contribution < -0.4 is 27.0 Å². The number of carbonyl (C=O) groups excluding carboxylic acids is 1. The van der Waals surface area contributed by atoms with Gasteiger partial charge in [-0.3, -0.25) is 5.41 Å². The Morgan fingerprint density at radius 1 is 0.946 bits per heavy atom. The van der Waals surface area contributed by atoms with Crippen LogP contribution in [0.5, 0.6) is 0 Å². The third-order valence-corrected chi connectivity index (χ3v) is 6.89. The number of hydrogen-bond acceptors (Lipinski definition) is 7. The molecule has 0 spiro atoms. The highest BCUT2D eigenvalue weighted by molar-refractivity contribution is 6.01. The molecule has 10 nitrogen and oxygen atoms in total. The van der Waals surface area contributed by atoms with E-state index in [9.17, 15) is 4.79 Å². The highest BCUT2D eigenvalue weighted by Gasteiger charge is 2.21. The van der Waals surface area contributed by atoms with Gasteiger partial charge in [-0.05, 0) is 60.7 Å². The maximum Gasteiger partial charge on any atom is 0.323 e. The van der Waals surface area contributed by atoms with Gasteiger partial charge >= 0.3 is 6.03 Å². The van der Waals surface area contributed by atoms with Crippen LogP contribution >= 0.6 is 0 Å². The van der Waals surface area contributed by atoms with E-state index in [-0.39, 0.29) is 23.2 Å². The Morgan fingerprint density at radius 2 is 1.54 bits per heavy atom. The molecule has 1 aliphatic heterocycles. The summed E-state index contributed by atoms with van der Waals surface area (Å²) in [6, 6.07) is 15.0. The van der Waals surface area contributed by atoms with Crippen LogP contribution in [0.15, 0.2) is 48.5 Å². The van der Waals surface area contributed by atoms with Crippen molar-refractivity contribution >= 4 is 34.7 Å². The van der Waals surface area contributed by atoms with Gasteiger partial charge in [0.05, 0.1) is 13.2 Å². The van der Waals surface area contributed by atoms with Crippen molar-refractivity contribution < 1.29 is 9.53 Å². The monoisotopic (exact) mass is 500 g/mol. The van der Waals surface area contributed by atoms with Gasteiger partial charge < -0.3 is 31.7 Å². The van der Waals surface area contributed by atoms with Crippen LogP contribution in [0.25, 0.3) is 11.4 Å². The van der Waals surface area contributed by atoms with Crippen LogP contribution in [-0.2, 0) is 4.74 Å². The number of rotatable bonds is 6. The minimum absolute atomic E-state index is 0.201. The van der Waals surface area contributed by atoms with E-state index < -0.39 is 0 Å². The number of morpholine rings is 1.